The van der Waals surface area contributed by atoms with Gasteiger partial charge in [0.1, 0.15) is 0 Å². The Hall–Kier alpha value is -2.31. The highest BCUT2D eigenvalue weighted by atomic mass is 16.5. The van der Waals surface area contributed by atoms with Crippen LogP contribution < -0.4 is 15.8 Å². The summed E-state index contributed by atoms with van der Waals surface area (Å²) in [6.45, 7) is 0.528. The average molecular weight is 221 g/mol. The van der Waals surface area contributed by atoms with Gasteiger partial charge in [-0.2, -0.15) is 0 Å². The maximum Gasteiger partial charge on any atom is 0.317 e. The Morgan fingerprint density at radius 3 is 3.06 bits per heavy atom. The van der Waals surface area contributed by atoms with Crippen molar-refractivity contribution >= 4 is 12.0 Å². The zero-order valence-electron chi connectivity index (χ0n) is 8.67. The highest BCUT2D eigenvalue weighted by Gasteiger charge is 2.02. The van der Waals surface area contributed by atoms with Crippen LogP contribution in [-0.4, -0.2) is 22.3 Å². The van der Waals surface area contributed by atoms with Crippen LogP contribution in [0, 0.1) is 0 Å². The van der Waals surface area contributed by atoms with Crippen molar-refractivity contribution < 1.29 is 9.15 Å². The Bertz CT molecular complexity index is 470. The molecule has 0 aliphatic carbocycles. The van der Waals surface area contributed by atoms with Crippen molar-refractivity contribution in [1.82, 2.24) is 15.2 Å². The van der Waals surface area contributed by atoms with Crippen LogP contribution in [0.5, 0.6) is 5.88 Å². The van der Waals surface area contributed by atoms with Gasteiger partial charge in [-0.05, 0) is 11.6 Å². The monoisotopic (exact) mass is 221 g/mol. The molecule has 0 saturated heterocycles. The SMILES string of the molecule is COc1cc(CNc2nnc(N)o2)ccn1. The number of anilines is 2. The van der Waals surface area contributed by atoms with E-state index in [2.05, 4.69) is 20.5 Å². The first kappa shape index (κ1) is 10.2. The zero-order valence-corrected chi connectivity index (χ0v) is 8.67. The van der Waals surface area contributed by atoms with Crippen molar-refractivity contribution in [2.45, 2.75) is 6.54 Å². The summed E-state index contributed by atoms with van der Waals surface area (Å²) in [5.74, 6) is 0.560. The Balaban J connectivity index is 1.99. The topological polar surface area (TPSA) is 99.1 Å². The zero-order chi connectivity index (χ0) is 11.4. The lowest BCUT2D eigenvalue weighted by atomic mass is 10.2. The van der Waals surface area contributed by atoms with Crippen LogP contribution in [0.25, 0.3) is 0 Å². The molecule has 2 heterocycles. The fourth-order valence-corrected chi connectivity index (χ4v) is 1.16. The molecule has 0 saturated carbocycles. The van der Waals surface area contributed by atoms with Gasteiger partial charge in [-0.3, -0.25) is 0 Å². The second-order valence-corrected chi connectivity index (χ2v) is 3.01. The third-order valence-corrected chi connectivity index (χ3v) is 1.89. The quantitative estimate of drug-likeness (QED) is 0.782. The van der Waals surface area contributed by atoms with Crippen LogP contribution in [0.15, 0.2) is 22.7 Å². The smallest absolute Gasteiger partial charge is 0.317 e. The molecule has 3 N–H and O–H groups in total. The van der Waals surface area contributed by atoms with E-state index in [0.29, 0.717) is 12.4 Å². The lowest BCUT2D eigenvalue weighted by Crippen LogP contribution is -2.00. The third kappa shape index (κ3) is 2.38. The Labute approximate surface area is 91.6 Å². The molecule has 16 heavy (non-hydrogen) atoms. The summed E-state index contributed by atoms with van der Waals surface area (Å²) < 4.78 is 9.96. The molecule has 2 aromatic heterocycles. The highest BCUT2D eigenvalue weighted by molar-refractivity contribution is 5.27. The summed E-state index contributed by atoms with van der Waals surface area (Å²) in [7, 11) is 1.57. The lowest BCUT2D eigenvalue weighted by molar-refractivity contribution is 0.397. The van der Waals surface area contributed by atoms with E-state index >= 15 is 0 Å². The van der Waals surface area contributed by atoms with E-state index < -0.39 is 0 Å². The lowest BCUT2D eigenvalue weighted by Gasteiger charge is -2.03. The number of aromatic nitrogens is 3. The molecule has 2 rings (SSSR count). The van der Waals surface area contributed by atoms with Gasteiger partial charge in [0.2, 0.25) is 5.88 Å². The summed E-state index contributed by atoms with van der Waals surface area (Å²) in [6.07, 6.45) is 1.66. The largest absolute Gasteiger partial charge is 0.481 e. The van der Waals surface area contributed by atoms with Crippen molar-refractivity contribution in [2.24, 2.45) is 0 Å². The number of nitrogens with zero attached hydrogens (tertiary/aromatic N) is 3. The number of hydrogen-bond donors (Lipinski definition) is 2. The van der Waals surface area contributed by atoms with Gasteiger partial charge in [0.25, 0.3) is 0 Å². The first-order valence-electron chi connectivity index (χ1n) is 4.59. The minimum absolute atomic E-state index is 0.0369. The average Bonchev–Trinajstić information content (AvgIpc) is 2.73. The van der Waals surface area contributed by atoms with Crippen LogP contribution in [-0.2, 0) is 6.54 Å². The van der Waals surface area contributed by atoms with E-state index in [1.165, 1.54) is 0 Å². The van der Waals surface area contributed by atoms with Gasteiger partial charge in [-0.1, -0.05) is 10.2 Å². The van der Waals surface area contributed by atoms with Crippen LogP contribution >= 0.6 is 0 Å². The molecule has 0 amide bonds. The first-order valence-corrected chi connectivity index (χ1v) is 4.59. The number of nitrogens with one attached hydrogen (secondary N) is 1. The number of hydrogen-bond acceptors (Lipinski definition) is 7. The van der Waals surface area contributed by atoms with E-state index in [-0.39, 0.29) is 12.0 Å². The summed E-state index contributed by atoms with van der Waals surface area (Å²) in [6, 6.07) is 3.99. The van der Waals surface area contributed by atoms with Gasteiger partial charge in [-0.25, -0.2) is 4.98 Å². The number of rotatable bonds is 4. The fourth-order valence-electron chi connectivity index (χ4n) is 1.16. The summed E-state index contributed by atoms with van der Waals surface area (Å²) >= 11 is 0. The molecule has 0 unspecified atom stereocenters. The van der Waals surface area contributed by atoms with Crippen LogP contribution in [0.3, 0.4) is 0 Å². The van der Waals surface area contributed by atoms with Gasteiger partial charge in [0.15, 0.2) is 0 Å². The highest BCUT2D eigenvalue weighted by Crippen LogP contribution is 2.11. The molecule has 2 aromatic rings. The molecular formula is C9H11N5O2. The first-order chi connectivity index (χ1) is 7.78. The van der Waals surface area contributed by atoms with E-state index in [1.807, 2.05) is 12.1 Å². The number of ether oxygens (including phenoxy) is 1. The van der Waals surface area contributed by atoms with Crippen LogP contribution in [0.2, 0.25) is 0 Å². The number of pyridine rings is 1. The van der Waals surface area contributed by atoms with Gasteiger partial charge in [-0.15, -0.1) is 0 Å². The van der Waals surface area contributed by atoms with E-state index in [1.54, 1.807) is 13.3 Å². The Morgan fingerprint density at radius 2 is 2.38 bits per heavy atom. The number of nitrogens with two attached hydrogens (primary N) is 1. The standard InChI is InChI=1S/C9H11N5O2/c1-15-7-4-6(2-3-11-7)5-12-9-14-13-8(10)16-9/h2-4H,5H2,1H3,(H2,10,13)(H,12,14). The molecule has 84 valence electrons. The summed E-state index contributed by atoms with van der Waals surface area (Å²) in [4.78, 5) is 4.00. The molecule has 0 fully saturated rings. The molecular weight excluding hydrogens is 210 g/mol. The van der Waals surface area contributed by atoms with E-state index in [4.69, 9.17) is 14.9 Å². The Kier molecular flexibility index (Phi) is 2.86. The van der Waals surface area contributed by atoms with E-state index in [0.717, 1.165) is 5.56 Å². The predicted octanol–water partition coefficient (Wildman–Crippen LogP) is 0.667. The van der Waals surface area contributed by atoms with Crippen molar-refractivity contribution in [3.05, 3.63) is 23.9 Å². The maximum absolute atomic E-state index is 5.28. The van der Waals surface area contributed by atoms with Gasteiger partial charge >= 0.3 is 12.0 Å². The normalized spacial score (nSPS) is 10.1. The Morgan fingerprint density at radius 1 is 1.50 bits per heavy atom. The molecule has 0 atom stereocenters. The molecule has 0 aliphatic rings. The van der Waals surface area contributed by atoms with Crippen LogP contribution in [0.4, 0.5) is 12.0 Å². The summed E-state index contributed by atoms with van der Waals surface area (Å²) in [5, 5.41) is 10.1. The van der Waals surface area contributed by atoms with Gasteiger partial charge in [0, 0.05) is 18.8 Å². The maximum atomic E-state index is 5.28. The van der Waals surface area contributed by atoms with Crippen molar-refractivity contribution in [2.75, 3.05) is 18.2 Å². The second-order valence-electron chi connectivity index (χ2n) is 3.01. The van der Waals surface area contributed by atoms with Crippen molar-refractivity contribution in [3.63, 3.8) is 0 Å². The second kappa shape index (κ2) is 4.47. The minimum atomic E-state index is 0.0369. The van der Waals surface area contributed by atoms with Gasteiger partial charge < -0.3 is 20.2 Å². The molecule has 7 heteroatoms. The molecule has 0 radical (unpaired) electrons. The molecule has 0 aromatic carbocycles. The van der Waals surface area contributed by atoms with Crippen LogP contribution in [0.1, 0.15) is 5.56 Å². The minimum Gasteiger partial charge on any atom is -0.481 e. The molecule has 0 spiro atoms. The van der Waals surface area contributed by atoms with E-state index in [9.17, 15) is 0 Å². The number of methoxy groups -OCH3 is 1. The van der Waals surface area contributed by atoms with Crippen molar-refractivity contribution in [1.29, 1.82) is 0 Å². The van der Waals surface area contributed by atoms with Crippen molar-refractivity contribution in [3.8, 4) is 5.88 Å². The molecule has 0 bridgehead atoms. The number of nitrogen functional groups attached to an aromatic ring is 1. The van der Waals surface area contributed by atoms with Gasteiger partial charge in [0.05, 0.1) is 7.11 Å². The molecule has 0 aliphatic heterocycles. The predicted molar refractivity (Wildman–Crippen MR) is 56.8 cm³/mol. The summed E-state index contributed by atoms with van der Waals surface area (Å²) in [5.41, 5.74) is 6.27. The third-order valence-electron chi connectivity index (χ3n) is 1.89. The molecule has 7 nitrogen and oxygen atoms in total. The fraction of sp³-hybridized carbons (Fsp3) is 0.222.